The summed E-state index contributed by atoms with van der Waals surface area (Å²) >= 11 is 5.76. The molecule has 0 spiro atoms. The molecule has 0 aliphatic carbocycles. The molecule has 6 heteroatoms. The van der Waals surface area contributed by atoms with Gasteiger partial charge in [0.1, 0.15) is 0 Å². The Bertz CT molecular complexity index is 582. The van der Waals surface area contributed by atoms with E-state index in [-0.39, 0.29) is 11.4 Å². The molecule has 0 radical (unpaired) electrons. The Balaban J connectivity index is 2.64. The molecular formula is C12H8ClF3N2. The zero-order valence-electron chi connectivity index (χ0n) is 9.00. The summed E-state index contributed by atoms with van der Waals surface area (Å²) in [7, 11) is 0. The summed E-state index contributed by atoms with van der Waals surface area (Å²) < 4.78 is 38.7. The Morgan fingerprint density at radius 2 is 1.89 bits per heavy atom. The molecule has 1 aromatic heterocycles. The number of hydrogen-bond acceptors (Lipinski definition) is 2. The number of aromatic nitrogens is 1. The van der Waals surface area contributed by atoms with Crippen LogP contribution in [-0.4, -0.2) is 4.98 Å². The fourth-order valence-corrected chi connectivity index (χ4v) is 1.75. The topological polar surface area (TPSA) is 38.9 Å². The van der Waals surface area contributed by atoms with E-state index in [1.54, 1.807) is 12.1 Å². The summed E-state index contributed by atoms with van der Waals surface area (Å²) in [4.78, 5) is 3.75. The zero-order chi connectivity index (χ0) is 13.3. The third-order valence-corrected chi connectivity index (χ3v) is 2.55. The van der Waals surface area contributed by atoms with Crippen molar-refractivity contribution < 1.29 is 13.2 Å². The number of nitrogens with zero attached hydrogens (tertiary/aromatic N) is 1. The Morgan fingerprint density at radius 3 is 2.50 bits per heavy atom. The van der Waals surface area contributed by atoms with E-state index in [1.807, 2.05) is 0 Å². The van der Waals surface area contributed by atoms with Gasteiger partial charge in [-0.15, -0.1) is 0 Å². The van der Waals surface area contributed by atoms with E-state index in [2.05, 4.69) is 4.98 Å². The van der Waals surface area contributed by atoms with Gasteiger partial charge in [0.05, 0.1) is 23.1 Å². The van der Waals surface area contributed by atoms with Crippen LogP contribution in [0.2, 0.25) is 5.02 Å². The first-order chi connectivity index (χ1) is 8.38. The van der Waals surface area contributed by atoms with Gasteiger partial charge in [0.2, 0.25) is 0 Å². The summed E-state index contributed by atoms with van der Waals surface area (Å²) in [6.45, 7) is 0. The number of alkyl halides is 3. The van der Waals surface area contributed by atoms with Gasteiger partial charge >= 0.3 is 6.18 Å². The summed E-state index contributed by atoms with van der Waals surface area (Å²) in [5.41, 5.74) is 4.56. The summed E-state index contributed by atoms with van der Waals surface area (Å²) in [5.74, 6) is 0. The highest BCUT2D eigenvalue weighted by Gasteiger charge is 2.34. The van der Waals surface area contributed by atoms with Crippen LogP contribution in [0.5, 0.6) is 0 Å². The van der Waals surface area contributed by atoms with E-state index in [0.717, 1.165) is 6.07 Å². The molecule has 0 amide bonds. The Kier molecular flexibility index (Phi) is 3.17. The molecule has 0 aliphatic heterocycles. The van der Waals surface area contributed by atoms with Gasteiger partial charge in [0, 0.05) is 10.6 Å². The van der Waals surface area contributed by atoms with Gasteiger partial charge in [-0.25, -0.2) is 0 Å². The Morgan fingerprint density at radius 1 is 1.17 bits per heavy atom. The lowest BCUT2D eigenvalue weighted by Crippen LogP contribution is -2.09. The Labute approximate surface area is 106 Å². The first kappa shape index (κ1) is 12.7. The molecule has 18 heavy (non-hydrogen) atoms. The second-order valence-corrected chi connectivity index (χ2v) is 4.11. The van der Waals surface area contributed by atoms with E-state index in [1.165, 1.54) is 18.3 Å². The summed E-state index contributed by atoms with van der Waals surface area (Å²) in [6.07, 6.45) is -3.33. The number of halogens is 4. The van der Waals surface area contributed by atoms with Gasteiger partial charge in [-0.05, 0) is 18.2 Å². The van der Waals surface area contributed by atoms with Crippen LogP contribution >= 0.6 is 11.6 Å². The molecule has 0 unspecified atom stereocenters. The van der Waals surface area contributed by atoms with Crippen LogP contribution in [0.15, 0.2) is 36.5 Å². The highest BCUT2D eigenvalue weighted by Crippen LogP contribution is 2.37. The van der Waals surface area contributed by atoms with Gasteiger partial charge in [-0.1, -0.05) is 23.7 Å². The van der Waals surface area contributed by atoms with Crippen molar-refractivity contribution in [2.45, 2.75) is 6.18 Å². The predicted octanol–water partition coefficient (Wildman–Crippen LogP) is 4.00. The maximum absolute atomic E-state index is 12.9. The number of hydrogen-bond donors (Lipinski definition) is 1. The van der Waals surface area contributed by atoms with Crippen LogP contribution in [0.25, 0.3) is 11.3 Å². The van der Waals surface area contributed by atoms with Crippen molar-refractivity contribution in [3.8, 4) is 11.3 Å². The lowest BCUT2D eigenvalue weighted by Gasteiger charge is -2.12. The van der Waals surface area contributed by atoms with Crippen LogP contribution in [0, 0.1) is 0 Å². The molecule has 2 nitrogen and oxygen atoms in total. The van der Waals surface area contributed by atoms with Gasteiger partial charge in [-0.3, -0.25) is 4.98 Å². The maximum Gasteiger partial charge on any atom is 0.418 e. The summed E-state index contributed by atoms with van der Waals surface area (Å²) in [5, 5.41) is 0.347. The number of pyridine rings is 1. The number of nitrogen functional groups attached to an aromatic ring is 1. The quantitative estimate of drug-likeness (QED) is 0.852. The zero-order valence-corrected chi connectivity index (χ0v) is 9.76. The summed E-state index contributed by atoms with van der Waals surface area (Å²) in [6, 6.07) is 6.95. The molecule has 2 N–H and O–H groups in total. The Hall–Kier alpha value is -1.75. The largest absolute Gasteiger partial charge is 0.418 e. The second-order valence-electron chi connectivity index (χ2n) is 3.67. The van der Waals surface area contributed by atoms with Gasteiger partial charge in [0.25, 0.3) is 0 Å². The lowest BCUT2D eigenvalue weighted by atomic mass is 10.1. The minimum atomic E-state index is -4.51. The minimum Gasteiger partial charge on any atom is -0.397 e. The third kappa shape index (κ3) is 2.56. The molecule has 0 saturated carbocycles. The molecular weight excluding hydrogens is 265 g/mol. The normalized spacial score (nSPS) is 11.6. The average molecular weight is 273 g/mol. The number of anilines is 1. The minimum absolute atomic E-state index is 0.0342. The molecule has 0 bridgehead atoms. The number of nitrogens with two attached hydrogens (primary N) is 1. The van der Waals surface area contributed by atoms with Gasteiger partial charge in [-0.2, -0.15) is 13.2 Å². The van der Waals surface area contributed by atoms with E-state index in [4.69, 9.17) is 17.3 Å². The van der Waals surface area contributed by atoms with Crippen LogP contribution < -0.4 is 5.73 Å². The molecule has 2 rings (SSSR count). The van der Waals surface area contributed by atoms with Crippen molar-refractivity contribution in [2.75, 3.05) is 5.73 Å². The van der Waals surface area contributed by atoms with Crippen molar-refractivity contribution in [3.63, 3.8) is 0 Å². The van der Waals surface area contributed by atoms with Crippen molar-refractivity contribution in [3.05, 3.63) is 47.1 Å². The number of rotatable bonds is 1. The fourth-order valence-electron chi connectivity index (χ4n) is 1.56. The van der Waals surface area contributed by atoms with Crippen LogP contribution in [0.4, 0.5) is 18.9 Å². The van der Waals surface area contributed by atoms with Crippen LogP contribution in [0.3, 0.4) is 0 Å². The highest BCUT2D eigenvalue weighted by atomic mass is 35.5. The first-order valence-electron chi connectivity index (χ1n) is 4.96. The van der Waals surface area contributed by atoms with Gasteiger partial charge in [0.15, 0.2) is 0 Å². The van der Waals surface area contributed by atoms with E-state index >= 15 is 0 Å². The second kappa shape index (κ2) is 4.49. The molecule has 2 aromatic rings. The van der Waals surface area contributed by atoms with Crippen molar-refractivity contribution in [1.29, 1.82) is 0 Å². The van der Waals surface area contributed by atoms with E-state index in [0.29, 0.717) is 10.6 Å². The molecule has 1 heterocycles. The monoisotopic (exact) mass is 272 g/mol. The standard InChI is InChI=1S/C12H8ClF3N2/c13-8-3-1-2-7(4-8)11-10(12(14,15)16)5-9(17)6-18-11/h1-6H,17H2. The lowest BCUT2D eigenvalue weighted by molar-refractivity contribution is -0.137. The molecule has 0 saturated heterocycles. The van der Waals surface area contributed by atoms with Crippen LogP contribution in [0.1, 0.15) is 5.56 Å². The fraction of sp³-hybridized carbons (Fsp3) is 0.0833. The van der Waals surface area contributed by atoms with E-state index in [9.17, 15) is 13.2 Å². The maximum atomic E-state index is 12.9. The average Bonchev–Trinajstić information content (AvgIpc) is 2.27. The smallest absolute Gasteiger partial charge is 0.397 e. The van der Waals surface area contributed by atoms with Crippen molar-refractivity contribution in [1.82, 2.24) is 4.98 Å². The molecule has 0 aliphatic rings. The SMILES string of the molecule is Nc1cnc(-c2cccc(Cl)c2)c(C(F)(F)F)c1. The van der Waals surface area contributed by atoms with Gasteiger partial charge < -0.3 is 5.73 Å². The molecule has 0 atom stereocenters. The number of benzene rings is 1. The molecule has 94 valence electrons. The molecule has 0 fully saturated rings. The van der Waals surface area contributed by atoms with E-state index < -0.39 is 11.7 Å². The van der Waals surface area contributed by atoms with Crippen molar-refractivity contribution in [2.24, 2.45) is 0 Å². The molecule has 1 aromatic carbocycles. The highest BCUT2D eigenvalue weighted by molar-refractivity contribution is 6.30. The van der Waals surface area contributed by atoms with Crippen LogP contribution in [-0.2, 0) is 6.18 Å². The first-order valence-corrected chi connectivity index (χ1v) is 5.34. The predicted molar refractivity (Wildman–Crippen MR) is 64.1 cm³/mol. The van der Waals surface area contributed by atoms with Crippen molar-refractivity contribution >= 4 is 17.3 Å². The third-order valence-electron chi connectivity index (χ3n) is 2.31.